The number of amides is 2. The lowest BCUT2D eigenvalue weighted by molar-refractivity contribution is -0.113. The molecule has 1 aromatic heterocycles. The van der Waals surface area contributed by atoms with Crippen molar-refractivity contribution in [1.82, 2.24) is 4.57 Å². The summed E-state index contributed by atoms with van der Waals surface area (Å²) < 4.78 is 7.28. The Balaban J connectivity index is 1.91. The fourth-order valence-electron chi connectivity index (χ4n) is 2.95. The minimum Gasteiger partial charge on any atom is -0.383 e. The number of halogens is 1. The summed E-state index contributed by atoms with van der Waals surface area (Å²) in [5.74, 6) is -0.330. The van der Waals surface area contributed by atoms with E-state index in [1.165, 1.54) is 0 Å². The van der Waals surface area contributed by atoms with Gasteiger partial charge in [-0.3, -0.25) is 9.59 Å². The molecule has 5 nitrogen and oxygen atoms in total. The highest BCUT2D eigenvalue weighted by atomic mass is 35.5. The lowest BCUT2D eigenvalue weighted by Crippen LogP contribution is -2.27. The molecule has 0 aliphatic carbocycles. The first-order valence-electron chi connectivity index (χ1n) is 8.11. The summed E-state index contributed by atoms with van der Waals surface area (Å²) in [5.41, 5.74) is 3.53. The largest absolute Gasteiger partial charge is 0.383 e. The maximum atomic E-state index is 12.8. The number of ether oxygens (including phenoxy) is 1. The monoisotopic (exact) mass is 390 g/mol. The summed E-state index contributed by atoms with van der Waals surface area (Å²) >= 11 is 6.92. The van der Waals surface area contributed by atoms with Crippen molar-refractivity contribution < 1.29 is 14.3 Å². The number of nitrogens with zero attached hydrogens (tertiary/aromatic N) is 2. The van der Waals surface area contributed by atoms with Gasteiger partial charge >= 0.3 is 0 Å². The number of carbonyl (C=O) groups is 2. The third kappa shape index (κ3) is 3.58. The number of anilines is 1. The first kappa shape index (κ1) is 18.8. The number of benzene rings is 1. The van der Waals surface area contributed by atoms with Gasteiger partial charge in [0.15, 0.2) is 0 Å². The number of methoxy groups -OCH3 is 1. The van der Waals surface area contributed by atoms with Gasteiger partial charge in [-0.25, -0.2) is 4.90 Å². The Kier molecular flexibility index (Phi) is 5.55. The van der Waals surface area contributed by atoms with Gasteiger partial charge in [-0.05, 0) is 61.5 Å². The van der Waals surface area contributed by atoms with Crippen LogP contribution in [0.2, 0.25) is 5.02 Å². The zero-order valence-corrected chi connectivity index (χ0v) is 16.4. The smallest absolute Gasteiger partial charge is 0.298 e. The van der Waals surface area contributed by atoms with E-state index >= 15 is 0 Å². The number of carbonyl (C=O) groups excluding carboxylic acids is 2. The molecule has 7 heteroatoms. The molecule has 0 atom stereocenters. The van der Waals surface area contributed by atoms with Gasteiger partial charge < -0.3 is 9.30 Å². The molecule has 2 heterocycles. The topological polar surface area (TPSA) is 51.5 Å². The van der Waals surface area contributed by atoms with Crippen LogP contribution in [0.25, 0.3) is 6.08 Å². The minimum absolute atomic E-state index is 0.322. The third-order valence-electron chi connectivity index (χ3n) is 4.28. The van der Waals surface area contributed by atoms with Crippen molar-refractivity contribution in [3.63, 3.8) is 0 Å². The van der Waals surface area contributed by atoms with E-state index in [1.807, 2.05) is 19.9 Å². The van der Waals surface area contributed by atoms with E-state index in [-0.39, 0.29) is 11.1 Å². The molecule has 136 valence electrons. The normalized spacial score (nSPS) is 16.2. The summed E-state index contributed by atoms with van der Waals surface area (Å²) in [7, 11) is 1.67. The lowest BCUT2D eigenvalue weighted by atomic mass is 10.2. The number of hydrogen-bond donors (Lipinski definition) is 0. The highest BCUT2D eigenvalue weighted by Crippen LogP contribution is 2.37. The Morgan fingerprint density at radius 3 is 2.69 bits per heavy atom. The molecule has 0 N–H and O–H groups in total. The van der Waals surface area contributed by atoms with Crippen LogP contribution in [0.5, 0.6) is 0 Å². The number of thioether (sulfide) groups is 1. The predicted octanol–water partition coefficient (Wildman–Crippen LogP) is 4.65. The summed E-state index contributed by atoms with van der Waals surface area (Å²) in [6.45, 7) is 5.36. The maximum absolute atomic E-state index is 12.8. The molecule has 0 unspecified atom stereocenters. The van der Waals surface area contributed by atoms with Crippen LogP contribution < -0.4 is 4.90 Å². The van der Waals surface area contributed by atoms with Crippen molar-refractivity contribution in [3.05, 3.63) is 57.2 Å². The van der Waals surface area contributed by atoms with E-state index in [0.29, 0.717) is 22.2 Å². The number of aryl methyl sites for hydroxylation is 1. The minimum atomic E-state index is -0.330. The molecule has 1 saturated heterocycles. The molecule has 3 rings (SSSR count). The number of aromatic nitrogens is 1. The number of imide groups is 1. The Labute approximate surface area is 161 Å². The SMILES string of the molecule is COCCn1c(C)cc(/C=C2\SC(=O)N(c3cccc(Cl)c3)C2=O)c1C. The molecule has 1 aromatic carbocycles. The van der Waals surface area contributed by atoms with Gasteiger partial charge in [-0.15, -0.1) is 0 Å². The van der Waals surface area contributed by atoms with Crippen LogP contribution in [0.15, 0.2) is 35.2 Å². The van der Waals surface area contributed by atoms with Crippen molar-refractivity contribution in [1.29, 1.82) is 0 Å². The van der Waals surface area contributed by atoms with Crippen molar-refractivity contribution in [2.45, 2.75) is 20.4 Å². The quantitative estimate of drug-likeness (QED) is 0.697. The van der Waals surface area contributed by atoms with Gasteiger partial charge in [-0.1, -0.05) is 17.7 Å². The highest BCUT2D eigenvalue weighted by molar-refractivity contribution is 8.19. The molecule has 0 radical (unpaired) electrons. The van der Waals surface area contributed by atoms with Crippen LogP contribution in [-0.4, -0.2) is 29.4 Å². The van der Waals surface area contributed by atoms with Crippen molar-refractivity contribution >= 4 is 46.3 Å². The summed E-state index contributed by atoms with van der Waals surface area (Å²) in [4.78, 5) is 26.7. The fraction of sp³-hybridized carbons (Fsp3) is 0.263. The molecule has 0 spiro atoms. The average molecular weight is 391 g/mol. The molecular formula is C19H19ClN2O3S. The standard InChI is InChI=1S/C19H19ClN2O3S/c1-12-9-14(13(2)21(12)7-8-25-3)10-17-18(23)22(19(24)26-17)16-6-4-5-15(20)11-16/h4-6,9-11H,7-8H2,1-3H3/b17-10-. The van der Waals surface area contributed by atoms with E-state index < -0.39 is 0 Å². The average Bonchev–Trinajstić information content (AvgIpc) is 3.02. The zero-order valence-electron chi connectivity index (χ0n) is 14.8. The van der Waals surface area contributed by atoms with E-state index in [4.69, 9.17) is 16.3 Å². The second-order valence-corrected chi connectivity index (χ2v) is 7.40. The van der Waals surface area contributed by atoms with Gasteiger partial charge in [0.05, 0.1) is 17.2 Å². The first-order chi connectivity index (χ1) is 12.4. The predicted molar refractivity (Wildman–Crippen MR) is 106 cm³/mol. The van der Waals surface area contributed by atoms with Crippen molar-refractivity contribution in [2.75, 3.05) is 18.6 Å². The van der Waals surface area contributed by atoms with E-state index in [1.54, 1.807) is 37.5 Å². The zero-order chi connectivity index (χ0) is 18.8. The first-order valence-corrected chi connectivity index (χ1v) is 9.31. The van der Waals surface area contributed by atoms with E-state index in [9.17, 15) is 9.59 Å². The van der Waals surface area contributed by atoms with Crippen LogP contribution >= 0.6 is 23.4 Å². The number of rotatable bonds is 5. The van der Waals surface area contributed by atoms with Crippen LogP contribution in [0.4, 0.5) is 10.5 Å². The molecule has 1 fully saturated rings. The molecule has 2 aromatic rings. The molecular weight excluding hydrogens is 372 g/mol. The molecule has 0 bridgehead atoms. The molecule has 26 heavy (non-hydrogen) atoms. The molecule has 1 aliphatic heterocycles. The summed E-state index contributed by atoms with van der Waals surface area (Å²) in [6.07, 6.45) is 1.78. The Morgan fingerprint density at radius 2 is 2.00 bits per heavy atom. The van der Waals surface area contributed by atoms with Gasteiger partial charge in [0.2, 0.25) is 0 Å². The van der Waals surface area contributed by atoms with Crippen molar-refractivity contribution in [2.24, 2.45) is 0 Å². The van der Waals surface area contributed by atoms with E-state index in [2.05, 4.69) is 4.57 Å². The van der Waals surface area contributed by atoms with Gasteiger partial charge in [0.1, 0.15) is 0 Å². The fourth-order valence-corrected chi connectivity index (χ4v) is 3.96. The van der Waals surface area contributed by atoms with Crippen LogP contribution in [0, 0.1) is 13.8 Å². The number of hydrogen-bond acceptors (Lipinski definition) is 4. The molecule has 0 saturated carbocycles. The second-order valence-electron chi connectivity index (χ2n) is 5.97. The van der Waals surface area contributed by atoms with Crippen LogP contribution in [0.3, 0.4) is 0 Å². The summed E-state index contributed by atoms with van der Waals surface area (Å²) in [5, 5.41) is 0.156. The Morgan fingerprint density at radius 1 is 1.23 bits per heavy atom. The highest BCUT2D eigenvalue weighted by Gasteiger charge is 2.36. The van der Waals surface area contributed by atoms with Crippen molar-refractivity contribution in [3.8, 4) is 0 Å². The van der Waals surface area contributed by atoms with Gasteiger partial charge in [-0.2, -0.15) is 0 Å². The lowest BCUT2D eigenvalue weighted by Gasteiger charge is -2.12. The Bertz CT molecular complexity index is 904. The van der Waals surface area contributed by atoms with Crippen LogP contribution in [0.1, 0.15) is 17.0 Å². The van der Waals surface area contributed by atoms with E-state index in [0.717, 1.165) is 40.2 Å². The van der Waals surface area contributed by atoms with Gasteiger partial charge in [0, 0.05) is 30.1 Å². The maximum Gasteiger partial charge on any atom is 0.298 e. The molecule has 2 amide bonds. The van der Waals surface area contributed by atoms with Gasteiger partial charge in [0.25, 0.3) is 11.1 Å². The second kappa shape index (κ2) is 7.70. The van der Waals surface area contributed by atoms with Crippen LogP contribution in [-0.2, 0) is 16.1 Å². The third-order valence-corrected chi connectivity index (χ3v) is 5.38. The summed E-state index contributed by atoms with van der Waals surface area (Å²) in [6, 6.07) is 8.74. The Hall–Kier alpha value is -2.02. The molecule has 1 aliphatic rings.